The number of rotatable bonds is 12. The maximum atomic E-state index is 11.0. The number of nitrogens with zero attached hydrogens (tertiary/aromatic N) is 6. The van der Waals surface area contributed by atoms with E-state index in [2.05, 4.69) is 74.8 Å². The fourth-order valence-corrected chi connectivity index (χ4v) is 4.42. The number of piperazine rings is 1. The number of carboxylic acids is 1. The van der Waals surface area contributed by atoms with Gasteiger partial charge in [0.05, 0.1) is 12.6 Å². The third-order valence-electron chi connectivity index (χ3n) is 6.50. The molecule has 0 aliphatic carbocycles. The minimum atomic E-state index is -0.936. The third-order valence-corrected chi connectivity index (χ3v) is 6.50. The molecule has 3 aromatic heterocycles. The third kappa shape index (κ3) is 6.75. The number of aromatic amines is 2. The van der Waals surface area contributed by atoms with Crippen molar-refractivity contribution in [3.05, 3.63) is 47.9 Å². The second-order valence-corrected chi connectivity index (χ2v) is 9.37. The molecule has 4 aromatic rings. The Balaban J connectivity index is 1.25. The Bertz CT molecular complexity index is 1360. The Labute approximate surface area is 220 Å². The number of carboxylic acid groups (broad SMARTS) is 1. The van der Waals surface area contributed by atoms with Gasteiger partial charge in [0, 0.05) is 68.6 Å². The first kappa shape index (κ1) is 25.4. The molecule has 0 bridgehead atoms. The Morgan fingerprint density at radius 1 is 1.03 bits per heavy atom. The highest BCUT2D eigenvalue weighted by Gasteiger charge is 2.14. The maximum Gasteiger partial charge on any atom is 0.309 e. The lowest BCUT2D eigenvalue weighted by molar-refractivity contribution is -0.136. The van der Waals surface area contributed by atoms with Crippen molar-refractivity contribution >= 4 is 40.7 Å². The van der Waals surface area contributed by atoms with Gasteiger partial charge in [-0.3, -0.25) is 15.0 Å². The predicted molar refractivity (Wildman–Crippen MR) is 146 cm³/mol. The largest absolute Gasteiger partial charge is 0.481 e. The van der Waals surface area contributed by atoms with Crippen molar-refractivity contribution in [1.29, 1.82) is 0 Å². The Morgan fingerprint density at radius 3 is 2.55 bits per heavy atom. The van der Waals surface area contributed by atoms with Crippen LogP contribution < -0.4 is 16.0 Å². The second-order valence-electron chi connectivity index (χ2n) is 9.37. The van der Waals surface area contributed by atoms with E-state index in [0.717, 1.165) is 44.7 Å². The van der Waals surface area contributed by atoms with Gasteiger partial charge >= 0.3 is 5.97 Å². The van der Waals surface area contributed by atoms with Crippen molar-refractivity contribution in [1.82, 2.24) is 39.7 Å². The molecule has 0 saturated carbocycles. The number of imidazole rings is 1. The van der Waals surface area contributed by atoms with E-state index in [9.17, 15) is 4.79 Å². The molecular weight excluding hydrogens is 486 g/mol. The molecule has 1 aliphatic heterocycles. The highest BCUT2D eigenvalue weighted by molar-refractivity contribution is 5.83. The SMILES string of the molecule is CN1CCN(CCNc2nc(NCCc3c[nH]c4ccccc34)nc(Nc3ncc(CC(=O)O)[nH]3)n2)CC1. The molecule has 1 fully saturated rings. The standard InChI is InChI=1S/C25H33N11O2/c1-35-10-12-36(13-11-35)9-8-27-23-31-22(26-7-6-17-15-28-20-5-3-2-4-19(17)20)32-25(33-23)34-24-29-16-18(30-24)14-21(37)38/h2-5,15-16,28H,6-14H2,1H3,(H,37,38)(H4,26,27,29,30,31,32,33,34). The summed E-state index contributed by atoms with van der Waals surface area (Å²) in [5, 5.41) is 19.9. The van der Waals surface area contributed by atoms with Crippen LogP contribution in [0.5, 0.6) is 0 Å². The predicted octanol–water partition coefficient (Wildman–Crippen LogP) is 1.76. The lowest BCUT2D eigenvalue weighted by Gasteiger charge is -2.32. The quantitative estimate of drug-likeness (QED) is 0.162. The first-order chi connectivity index (χ1) is 18.5. The molecule has 38 heavy (non-hydrogen) atoms. The Hall–Kier alpha value is -4.23. The molecule has 1 aromatic carbocycles. The van der Waals surface area contributed by atoms with E-state index >= 15 is 0 Å². The number of aromatic nitrogens is 6. The number of para-hydroxylation sites is 1. The van der Waals surface area contributed by atoms with Crippen LogP contribution in [0, 0.1) is 0 Å². The van der Waals surface area contributed by atoms with Crippen LogP contribution in [0.25, 0.3) is 10.9 Å². The van der Waals surface area contributed by atoms with Gasteiger partial charge in [-0.05, 0) is 25.1 Å². The van der Waals surface area contributed by atoms with Crippen molar-refractivity contribution in [3.8, 4) is 0 Å². The van der Waals surface area contributed by atoms with Crippen molar-refractivity contribution in [2.24, 2.45) is 0 Å². The molecule has 6 N–H and O–H groups in total. The summed E-state index contributed by atoms with van der Waals surface area (Å²) in [6, 6.07) is 8.22. The molecule has 1 aliphatic rings. The lowest BCUT2D eigenvalue weighted by Crippen LogP contribution is -2.45. The van der Waals surface area contributed by atoms with Crippen molar-refractivity contribution in [3.63, 3.8) is 0 Å². The van der Waals surface area contributed by atoms with E-state index in [0.29, 0.717) is 42.6 Å². The molecule has 4 heterocycles. The van der Waals surface area contributed by atoms with E-state index in [-0.39, 0.29) is 6.42 Å². The zero-order valence-electron chi connectivity index (χ0n) is 21.4. The molecule has 5 rings (SSSR count). The van der Waals surface area contributed by atoms with Crippen molar-refractivity contribution < 1.29 is 9.90 Å². The fraction of sp³-hybridized carbons (Fsp3) is 0.400. The van der Waals surface area contributed by atoms with Gasteiger partial charge in [-0.1, -0.05) is 18.2 Å². The Kier molecular flexibility index (Phi) is 7.95. The van der Waals surface area contributed by atoms with Crippen molar-refractivity contribution in [2.45, 2.75) is 12.8 Å². The van der Waals surface area contributed by atoms with Gasteiger partial charge in [-0.2, -0.15) is 15.0 Å². The normalized spacial score (nSPS) is 14.6. The van der Waals surface area contributed by atoms with Crippen molar-refractivity contribution in [2.75, 3.05) is 68.8 Å². The first-order valence-corrected chi connectivity index (χ1v) is 12.7. The second kappa shape index (κ2) is 11.9. The van der Waals surface area contributed by atoms with Crippen LogP contribution in [0.3, 0.4) is 0 Å². The number of H-pyrrole nitrogens is 2. The summed E-state index contributed by atoms with van der Waals surface area (Å²) in [6.45, 7) is 6.44. The van der Waals surface area contributed by atoms with Crippen LogP contribution >= 0.6 is 0 Å². The number of likely N-dealkylation sites (N-methyl/N-ethyl adjacent to an activating group) is 1. The van der Waals surface area contributed by atoms with Gasteiger partial charge in [0.15, 0.2) is 0 Å². The summed E-state index contributed by atoms with van der Waals surface area (Å²) in [4.78, 5) is 39.7. The molecule has 0 radical (unpaired) electrons. The molecule has 0 amide bonds. The molecule has 0 unspecified atom stereocenters. The van der Waals surface area contributed by atoms with Crippen LogP contribution in [0.1, 0.15) is 11.3 Å². The summed E-state index contributed by atoms with van der Waals surface area (Å²) in [6.07, 6.45) is 4.16. The zero-order valence-corrected chi connectivity index (χ0v) is 21.4. The fourth-order valence-electron chi connectivity index (χ4n) is 4.42. The smallest absolute Gasteiger partial charge is 0.309 e. The number of carbonyl (C=O) groups is 1. The van der Waals surface area contributed by atoms with Crippen LogP contribution in [0.15, 0.2) is 36.7 Å². The minimum absolute atomic E-state index is 0.147. The van der Waals surface area contributed by atoms with Crippen LogP contribution in [-0.2, 0) is 17.6 Å². The molecule has 13 heteroatoms. The number of benzene rings is 1. The molecular formula is C25H33N11O2. The van der Waals surface area contributed by atoms with E-state index in [4.69, 9.17) is 5.11 Å². The van der Waals surface area contributed by atoms with Gasteiger partial charge in [-0.15, -0.1) is 0 Å². The molecule has 0 spiro atoms. The average molecular weight is 520 g/mol. The number of hydrogen-bond donors (Lipinski definition) is 6. The highest BCUT2D eigenvalue weighted by atomic mass is 16.4. The number of nitrogens with one attached hydrogen (secondary N) is 5. The first-order valence-electron chi connectivity index (χ1n) is 12.7. The topological polar surface area (TPSA) is 163 Å². The zero-order chi connectivity index (χ0) is 26.3. The number of hydrogen-bond acceptors (Lipinski definition) is 10. The summed E-state index contributed by atoms with van der Waals surface area (Å²) in [7, 11) is 2.14. The molecule has 13 nitrogen and oxygen atoms in total. The number of anilines is 4. The van der Waals surface area contributed by atoms with Gasteiger partial charge in [-0.25, -0.2) is 4.98 Å². The van der Waals surface area contributed by atoms with E-state index in [1.807, 2.05) is 18.3 Å². The van der Waals surface area contributed by atoms with E-state index in [1.54, 1.807) is 0 Å². The van der Waals surface area contributed by atoms with Gasteiger partial charge < -0.3 is 30.6 Å². The number of fused-ring (bicyclic) bond motifs is 1. The van der Waals surface area contributed by atoms with Crippen LogP contribution in [0.4, 0.5) is 23.8 Å². The van der Waals surface area contributed by atoms with Crippen LogP contribution in [-0.4, -0.2) is 104 Å². The summed E-state index contributed by atoms with van der Waals surface area (Å²) < 4.78 is 0. The lowest BCUT2D eigenvalue weighted by atomic mass is 10.1. The highest BCUT2D eigenvalue weighted by Crippen LogP contribution is 2.19. The Morgan fingerprint density at radius 2 is 1.76 bits per heavy atom. The summed E-state index contributed by atoms with van der Waals surface area (Å²) >= 11 is 0. The minimum Gasteiger partial charge on any atom is -0.481 e. The van der Waals surface area contributed by atoms with Gasteiger partial charge in [0.1, 0.15) is 0 Å². The average Bonchev–Trinajstić information content (AvgIpc) is 3.51. The monoisotopic (exact) mass is 519 g/mol. The van der Waals surface area contributed by atoms with E-state index < -0.39 is 5.97 Å². The van der Waals surface area contributed by atoms with Gasteiger partial charge in [0.2, 0.25) is 23.8 Å². The maximum absolute atomic E-state index is 11.0. The molecule has 0 atom stereocenters. The summed E-state index contributed by atoms with van der Waals surface area (Å²) in [5.41, 5.74) is 2.81. The van der Waals surface area contributed by atoms with Crippen LogP contribution in [0.2, 0.25) is 0 Å². The van der Waals surface area contributed by atoms with Gasteiger partial charge in [0.25, 0.3) is 0 Å². The van der Waals surface area contributed by atoms with E-state index in [1.165, 1.54) is 17.1 Å². The molecule has 1 saturated heterocycles. The molecule has 200 valence electrons. The number of aliphatic carboxylic acids is 1. The summed E-state index contributed by atoms with van der Waals surface area (Å²) in [5.74, 6) is 0.604.